The average Bonchev–Trinajstić information content (AvgIpc) is 3.24. The number of imidazole rings is 1. The van der Waals surface area contributed by atoms with Gasteiger partial charge in [0.1, 0.15) is 0 Å². The Bertz CT molecular complexity index is 1170. The lowest BCUT2D eigenvalue weighted by Crippen LogP contribution is -2.32. The number of aromatic amines is 2. The van der Waals surface area contributed by atoms with Crippen LogP contribution in [0, 0.1) is 5.92 Å². The van der Waals surface area contributed by atoms with Gasteiger partial charge in [0.15, 0.2) is 5.52 Å². The number of fused-ring (bicyclic) bond motifs is 1. The van der Waals surface area contributed by atoms with Crippen LogP contribution in [0.4, 0.5) is 22.1 Å². The Balaban J connectivity index is 1.70. The fraction of sp³-hybridized carbons (Fsp3) is 0.136. The van der Waals surface area contributed by atoms with Crippen molar-refractivity contribution in [3.05, 3.63) is 67.0 Å². The molecule has 4 rings (SSSR count). The molecule has 156 valence electrons. The number of nitrogens with one attached hydrogen (secondary N) is 3. The van der Waals surface area contributed by atoms with Gasteiger partial charge in [-0.3, -0.25) is 4.79 Å². The molecule has 0 atom stereocenters. The zero-order chi connectivity index (χ0) is 21.8. The summed E-state index contributed by atoms with van der Waals surface area (Å²) in [6.45, 7) is 3.53. The quantitative estimate of drug-likeness (QED) is 0.514. The minimum atomic E-state index is -0.642. The maximum absolute atomic E-state index is 13.3. The highest BCUT2D eigenvalue weighted by molar-refractivity contribution is 5.97. The molecule has 0 radical (unpaired) electrons. The van der Waals surface area contributed by atoms with Crippen LogP contribution in [0.15, 0.2) is 67.0 Å². The van der Waals surface area contributed by atoms with Gasteiger partial charge in [-0.15, -0.1) is 0 Å². The number of hydrogen-bond donors (Lipinski definition) is 2. The summed E-state index contributed by atoms with van der Waals surface area (Å²) in [5.74, 6) is -0.260. The van der Waals surface area contributed by atoms with Crippen molar-refractivity contribution >= 4 is 40.5 Å². The van der Waals surface area contributed by atoms with Crippen molar-refractivity contribution in [2.45, 2.75) is 13.8 Å². The van der Waals surface area contributed by atoms with Crippen LogP contribution in [0.1, 0.15) is 13.8 Å². The first-order valence-corrected chi connectivity index (χ1v) is 9.72. The molecule has 0 fully saturated rings. The van der Waals surface area contributed by atoms with Crippen molar-refractivity contribution < 1.29 is 19.3 Å². The zero-order valence-electron chi connectivity index (χ0n) is 17.0. The molecule has 2 aromatic heterocycles. The monoisotopic (exact) mass is 417 g/mol. The molecule has 0 bridgehead atoms. The van der Waals surface area contributed by atoms with Gasteiger partial charge in [-0.05, 0) is 29.2 Å². The smallest absolute Gasteiger partial charge is 0.377 e. The van der Waals surface area contributed by atoms with Crippen LogP contribution in [-0.4, -0.2) is 27.0 Å². The third kappa shape index (κ3) is 4.35. The maximum atomic E-state index is 13.3. The third-order valence-electron chi connectivity index (χ3n) is 4.46. The first kappa shape index (κ1) is 20.0. The van der Waals surface area contributed by atoms with Crippen LogP contribution in [0.25, 0.3) is 11.2 Å². The number of carbonyl (C=O) groups excluding carboxylic acids is 2. The SMILES string of the molecule is CC(C)C(=O)Nc1nc2nc[nH]c2c(OC(=O)N(c2ccccc2)c2ccccc2)[nH+]1. The fourth-order valence-electron chi connectivity index (χ4n) is 2.89. The predicted octanol–water partition coefficient (Wildman–Crippen LogP) is 3.70. The number of hydrogen-bond acceptors (Lipinski definition) is 5. The summed E-state index contributed by atoms with van der Waals surface area (Å²) in [5.41, 5.74) is 1.98. The molecule has 2 heterocycles. The summed E-state index contributed by atoms with van der Waals surface area (Å²) < 4.78 is 5.71. The lowest BCUT2D eigenvalue weighted by atomic mass is 10.2. The highest BCUT2D eigenvalue weighted by atomic mass is 16.6. The molecule has 0 unspecified atom stereocenters. The van der Waals surface area contributed by atoms with Gasteiger partial charge in [0, 0.05) is 5.92 Å². The van der Waals surface area contributed by atoms with Gasteiger partial charge in [0.25, 0.3) is 17.4 Å². The summed E-state index contributed by atoms with van der Waals surface area (Å²) in [4.78, 5) is 40.9. The van der Waals surface area contributed by atoms with E-state index in [1.165, 1.54) is 11.2 Å². The molecule has 2 amide bonds. The number of carbonyl (C=O) groups is 2. The van der Waals surface area contributed by atoms with Crippen LogP contribution < -0.4 is 19.9 Å². The topological polar surface area (TPSA) is 114 Å². The van der Waals surface area contributed by atoms with E-state index < -0.39 is 6.09 Å². The molecule has 0 saturated carbocycles. The van der Waals surface area contributed by atoms with Gasteiger partial charge in [0.2, 0.25) is 0 Å². The molecule has 0 saturated heterocycles. The van der Waals surface area contributed by atoms with Gasteiger partial charge in [-0.2, -0.15) is 0 Å². The molecule has 4 aromatic rings. The first-order valence-electron chi connectivity index (χ1n) is 9.72. The molecule has 0 aliphatic carbocycles. The Kier molecular flexibility index (Phi) is 5.57. The zero-order valence-corrected chi connectivity index (χ0v) is 17.0. The van der Waals surface area contributed by atoms with E-state index in [4.69, 9.17) is 4.74 Å². The standard InChI is InChI=1S/C22H20N6O3/c1-14(2)19(29)26-21-25-18-17(23-13-24-18)20(27-21)31-22(30)28(15-9-5-3-6-10-15)16-11-7-4-8-12-16/h3-14H,1-2H3,(H2,23,24,25,26,27,29)/p+1. The summed E-state index contributed by atoms with van der Waals surface area (Å²) in [6, 6.07) is 18.3. The minimum absolute atomic E-state index is 0.0865. The van der Waals surface area contributed by atoms with Gasteiger partial charge in [-0.25, -0.2) is 25.0 Å². The van der Waals surface area contributed by atoms with Crippen LogP contribution >= 0.6 is 0 Å². The third-order valence-corrected chi connectivity index (χ3v) is 4.46. The van der Waals surface area contributed by atoms with Crippen molar-refractivity contribution in [2.75, 3.05) is 10.2 Å². The Morgan fingerprint density at radius 1 is 1.03 bits per heavy atom. The Hall–Kier alpha value is -4.27. The summed E-state index contributed by atoms with van der Waals surface area (Å²) in [7, 11) is 0. The summed E-state index contributed by atoms with van der Waals surface area (Å²) in [6.07, 6.45) is 0.792. The van der Waals surface area contributed by atoms with Crippen LogP contribution in [-0.2, 0) is 4.79 Å². The number of H-pyrrole nitrogens is 2. The molecule has 0 spiro atoms. The number of amides is 2. The van der Waals surface area contributed by atoms with Gasteiger partial charge < -0.3 is 9.72 Å². The summed E-state index contributed by atoms with van der Waals surface area (Å²) >= 11 is 0. The number of benzene rings is 2. The van der Waals surface area contributed by atoms with Crippen molar-refractivity contribution in [3.63, 3.8) is 0 Å². The van der Waals surface area contributed by atoms with Crippen molar-refractivity contribution in [1.82, 2.24) is 15.0 Å². The van der Waals surface area contributed by atoms with E-state index in [9.17, 15) is 9.59 Å². The van der Waals surface area contributed by atoms with Crippen LogP contribution in [0.5, 0.6) is 5.88 Å². The van der Waals surface area contributed by atoms with Crippen molar-refractivity contribution in [3.8, 4) is 5.88 Å². The Labute approximate surface area is 178 Å². The van der Waals surface area contributed by atoms with E-state index in [0.717, 1.165) is 0 Å². The highest BCUT2D eigenvalue weighted by Gasteiger charge is 2.26. The van der Waals surface area contributed by atoms with Gasteiger partial charge >= 0.3 is 12.0 Å². The molecular formula is C22H21N6O3+. The highest BCUT2D eigenvalue weighted by Crippen LogP contribution is 2.27. The molecule has 2 aromatic carbocycles. The van der Waals surface area contributed by atoms with E-state index in [-0.39, 0.29) is 23.7 Å². The number of ether oxygens (including phenoxy) is 1. The van der Waals surface area contributed by atoms with Crippen molar-refractivity contribution in [2.24, 2.45) is 5.92 Å². The van der Waals surface area contributed by atoms with E-state index in [0.29, 0.717) is 22.5 Å². The van der Waals surface area contributed by atoms with Crippen LogP contribution in [0.2, 0.25) is 0 Å². The molecule has 0 aliphatic heterocycles. The Morgan fingerprint density at radius 2 is 1.65 bits per heavy atom. The number of aromatic nitrogens is 4. The van der Waals surface area contributed by atoms with Crippen LogP contribution in [0.3, 0.4) is 0 Å². The second-order valence-corrected chi connectivity index (χ2v) is 7.03. The average molecular weight is 417 g/mol. The Morgan fingerprint density at radius 3 is 2.23 bits per heavy atom. The second-order valence-electron chi connectivity index (χ2n) is 7.03. The number of anilines is 3. The van der Waals surface area contributed by atoms with E-state index in [1.807, 2.05) is 60.7 Å². The van der Waals surface area contributed by atoms with E-state index in [2.05, 4.69) is 25.3 Å². The van der Waals surface area contributed by atoms with Gasteiger partial charge in [-0.1, -0.05) is 50.2 Å². The second kappa shape index (κ2) is 8.62. The number of nitrogens with zero attached hydrogens (tertiary/aromatic N) is 3. The lowest BCUT2D eigenvalue weighted by Gasteiger charge is -2.21. The van der Waals surface area contributed by atoms with E-state index >= 15 is 0 Å². The molecule has 3 N–H and O–H groups in total. The van der Waals surface area contributed by atoms with Gasteiger partial charge in [0.05, 0.1) is 17.7 Å². The molecular weight excluding hydrogens is 396 g/mol. The summed E-state index contributed by atoms with van der Waals surface area (Å²) in [5, 5.41) is 2.67. The molecule has 9 heteroatoms. The number of para-hydroxylation sites is 2. The molecule has 0 aliphatic rings. The minimum Gasteiger partial charge on any atom is -0.377 e. The fourth-order valence-corrected chi connectivity index (χ4v) is 2.89. The lowest BCUT2D eigenvalue weighted by molar-refractivity contribution is -0.375. The van der Waals surface area contributed by atoms with Crippen molar-refractivity contribution in [1.29, 1.82) is 0 Å². The van der Waals surface area contributed by atoms with E-state index in [1.54, 1.807) is 13.8 Å². The predicted molar refractivity (Wildman–Crippen MR) is 115 cm³/mol. The molecule has 31 heavy (non-hydrogen) atoms. The largest absolute Gasteiger partial charge is 0.426 e. The molecule has 9 nitrogen and oxygen atoms in total. The number of rotatable bonds is 5. The maximum Gasteiger partial charge on any atom is 0.426 e. The first-order chi connectivity index (χ1) is 15.0. The normalized spacial score (nSPS) is 10.8.